The number of benzene rings is 2. The van der Waals surface area contributed by atoms with Crippen LogP contribution < -0.4 is 5.32 Å². The quantitative estimate of drug-likeness (QED) is 0.597. The van der Waals surface area contributed by atoms with Crippen LogP contribution in [0.2, 0.25) is 5.02 Å². The molecule has 0 spiro atoms. The lowest BCUT2D eigenvalue weighted by Gasteiger charge is -2.41. The number of urea groups is 1. The van der Waals surface area contributed by atoms with E-state index in [-0.39, 0.29) is 17.1 Å². The molecule has 2 aliphatic rings. The monoisotopic (exact) mass is 484 g/mol. The van der Waals surface area contributed by atoms with Crippen molar-refractivity contribution in [3.63, 3.8) is 0 Å². The first-order valence-electron chi connectivity index (χ1n) is 11.9. The number of hydrogen-bond donors (Lipinski definition) is 2. The zero-order valence-corrected chi connectivity index (χ0v) is 19.9. The summed E-state index contributed by atoms with van der Waals surface area (Å²) in [6.45, 7) is 3.46. The van der Waals surface area contributed by atoms with Gasteiger partial charge in [-0.1, -0.05) is 23.7 Å². The van der Waals surface area contributed by atoms with Crippen LogP contribution in [-0.2, 0) is 5.60 Å². The van der Waals surface area contributed by atoms with Crippen molar-refractivity contribution in [1.29, 1.82) is 5.26 Å². The fraction of sp³-hybridized carbons (Fsp3) is 0.462. The van der Waals surface area contributed by atoms with Crippen LogP contribution in [0.4, 0.5) is 14.9 Å². The zero-order chi connectivity index (χ0) is 24.1. The van der Waals surface area contributed by atoms with E-state index < -0.39 is 11.4 Å². The van der Waals surface area contributed by atoms with Gasteiger partial charge in [0.2, 0.25) is 0 Å². The molecular weight excluding hydrogens is 455 g/mol. The molecule has 6 nitrogen and oxygen atoms in total. The molecule has 1 saturated heterocycles. The molecule has 2 fully saturated rings. The van der Waals surface area contributed by atoms with Crippen molar-refractivity contribution in [1.82, 2.24) is 9.80 Å². The number of amides is 2. The Kier molecular flexibility index (Phi) is 7.72. The summed E-state index contributed by atoms with van der Waals surface area (Å²) in [7, 11) is 0. The Balaban J connectivity index is 1.46. The van der Waals surface area contributed by atoms with E-state index in [9.17, 15) is 19.6 Å². The van der Waals surface area contributed by atoms with Crippen molar-refractivity contribution in [2.45, 2.75) is 50.2 Å². The Bertz CT molecular complexity index is 1060. The topological polar surface area (TPSA) is 79.6 Å². The Morgan fingerprint density at radius 2 is 1.97 bits per heavy atom. The van der Waals surface area contributed by atoms with Gasteiger partial charge in [-0.3, -0.25) is 0 Å². The van der Waals surface area contributed by atoms with Crippen molar-refractivity contribution in [2.75, 3.05) is 31.5 Å². The van der Waals surface area contributed by atoms with E-state index in [1.54, 1.807) is 18.2 Å². The van der Waals surface area contributed by atoms with Gasteiger partial charge in [0.05, 0.1) is 22.3 Å². The minimum Gasteiger partial charge on any atom is -0.385 e. The number of hydrogen-bond acceptors (Lipinski definition) is 4. The second kappa shape index (κ2) is 10.7. The van der Waals surface area contributed by atoms with Crippen LogP contribution >= 0.6 is 11.6 Å². The van der Waals surface area contributed by atoms with Gasteiger partial charge in [0, 0.05) is 24.8 Å². The molecule has 1 aliphatic carbocycles. The van der Waals surface area contributed by atoms with Crippen molar-refractivity contribution < 1.29 is 14.3 Å². The highest BCUT2D eigenvalue weighted by molar-refractivity contribution is 6.31. The number of carbonyl (C=O) groups is 1. The standard InChI is InChI=1S/C26H30ClFN4O2/c27-23-17-21(6-7-24(23)28)30-25(33)32(15-14-31-12-1-2-13-31)22-8-10-26(34,11-9-22)20-5-3-4-19(16-20)18-29/h3-7,16-17,22,34H,1-2,8-15H2,(H,30,33)/t22-,26-. The van der Waals surface area contributed by atoms with Gasteiger partial charge in [-0.15, -0.1) is 0 Å². The van der Waals surface area contributed by atoms with Gasteiger partial charge in [-0.25, -0.2) is 9.18 Å². The zero-order valence-electron chi connectivity index (χ0n) is 19.1. The summed E-state index contributed by atoms with van der Waals surface area (Å²) < 4.78 is 13.5. The predicted octanol–water partition coefficient (Wildman–Crippen LogP) is 5.11. The van der Waals surface area contributed by atoms with Crippen molar-refractivity contribution in [3.8, 4) is 6.07 Å². The van der Waals surface area contributed by atoms with E-state index in [2.05, 4.69) is 16.3 Å². The number of nitrogens with zero attached hydrogens (tertiary/aromatic N) is 3. The minimum atomic E-state index is -1.01. The average Bonchev–Trinajstić information content (AvgIpc) is 3.36. The molecule has 0 bridgehead atoms. The first-order valence-corrected chi connectivity index (χ1v) is 12.2. The van der Waals surface area contributed by atoms with Crippen molar-refractivity contribution in [2.24, 2.45) is 0 Å². The maximum Gasteiger partial charge on any atom is 0.322 e. The number of nitrogens with one attached hydrogen (secondary N) is 1. The van der Waals surface area contributed by atoms with Gasteiger partial charge in [0.15, 0.2) is 0 Å². The molecule has 0 aromatic heterocycles. The summed E-state index contributed by atoms with van der Waals surface area (Å²) in [5, 5.41) is 23.3. The number of carbonyl (C=O) groups excluding carboxylic acids is 1. The number of nitriles is 1. The van der Waals surface area contributed by atoms with Gasteiger partial charge < -0.3 is 20.2 Å². The number of rotatable bonds is 6. The van der Waals surface area contributed by atoms with E-state index in [0.717, 1.165) is 25.2 Å². The van der Waals surface area contributed by atoms with Gasteiger partial charge in [-0.2, -0.15) is 5.26 Å². The summed E-state index contributed by atoms with van der Waals surface area (Å²) in [4.78, 5) is 17.5. The highest BCUT2D eigenvalue weighted by Gasteiger charge is 2.38. The lowest BCUT2D eigenvalue weighted by atomic mass is 9.77. The van der Waals surface area contributed by atoms with Crippen LogP contribution in [0.1, 0.15) is 49.7 Å². The molecule has 180 valence electrons. The highest BCUT2D eigenvalue weighted by atomic mass is 35.5. The summed E-state index contributed by atoms with van der Waals surface area (Å²) in [6, 6.07) is 13.1. The Morgan fingerprint density at radius 1 is 1.24 bits per heavy atom. The Morgan fingerprint density at radius 3 is 2.65 bits per heavy atom. The number of halogens is 2. The van der Waals surface area contributed by atoms with E-state index >= 15 is 0 Å². The average molecular weight is 485 g/mol. The fourth-order valence-corrected chi connectivity index (χ4v) is 5.21. The summed E-state index contributed by atoms with van der Waals surface area (Å²) in [5.74, 6) is -0.530. The molecule has 0 unspecified atom stereocenters. The smallest absolute Gasteiger partial charge is 0.322 e. The number of likely N-dealkylation sites (tertiary alicyclic amines) is 1. The molecule has 0 atom stereocenters. The Hall–Kier alpha value is -2.66. The maximum absolute atomic E-state index is 13.5. The normalized spacial score (nSPS) is 22.8. The van der Waals surface area contributed by atoms with Gasteiger partial charge in [0.1, 0.15) is 5.82 Å². The molecular formula is C26H30ClFN4O2. The lowest BCUT2D eigenvalue weighted by Crippen LogP contribution is -2.49. The van der Waals surface area contributed by atoms with Crippen LogP contribution in [0.25, 0.3) is 0 Å². The molecule has 1 saturated carbocycles. The summed E-state index contributed by atoms with van der Waals surface area (Å²) in [5.41, 5.74) is 0.713. The van der Waals surface area contributed by atoms with Crippen molar-refractivity contribution in [3.05, 3.63) is 64.4 Å². The maximum atomic E-state index is 13.5. The van der Waals surface area contributed by atoms with Gasteiger partial charge in [0.25, 0.3) is 0 Å². The van der Waals surface area contributed by atoms with E-state index in [1.807, 2.05) is 11.0 Å². The van der Waals surface area contributed by atoms with Crippen LogP contribution in [0, 0.1) is 17.1 Å². The van der Waals surface area contributed by atoms with Crippen LogP contribution in [0.15, 0.2) is 42.5 Å². The third kappa shape index (κ3) is 5.69. The van der Waals surface area contributed by atoms with Crippen molar-refractivity contribution >= 4 is 23.3 Å². The highest BCUT2D eigenvalue weighted by Crippen LogP contribution is 2.39. The SMILES string of the molecule is N#Cc1cccc([C@]2(O)CC[C@H](N(CCN3CCCC3)C(=O)Nc3ccc(F)c(Cl)c3)CC2)c1. The van der Waals surface area contributed by atoms with Gasteiger partial charge in [-0.05, 0) is 87.5 Å². The first kappa shape index (κ1) is 24.5. The minimum absolute atomic E-state index is 0.0297. The van der Waals surface area contributed by atoms with Gasteiger partial charge >= 0.3 is 6.03 Å². The van der Waals surface area contributed by atoms with E-state index in [4.69, 9.17) is 11.6 Å². The molecule has 2 aromatic carbocycles. The molecule has 0 radical (unpaired) electrons. The predicted molar refractivity (Wildman–Crippen MR) is 130 cm³/mol. The molecule has 2 amide bonds. The van der Waals surface area contributed by atoms with Crippen LogP contribution in [0.5, 0.6) is 0 Å². The Labute approximate surface area is 204 Å². The third-order valence-corrected chi connectivity index (χ3v) is 7.33. The molecule has 4 rings (SSSR count). The molecule has 1 heterocycles. The molecule has 1 aliphatic heterocycles. The van der Waals surface area contributed by atoms with Crippen LogP contribution in [-0.4, -0.2) is 53.2 Å². The molecule has 34 heavy (non-hydrogen) atoms. The molecule has 2 N–H and O–H groups in total. The summed E-state index contributed by atoms with van der Waals surface area (Å²) in [6.07, 6.45) is 4.65. The third-order valence-electron chi connectivity index (χ3n) is 7.04. The molecule has 8 heteroatoms. The second-order valence-electron chi connectivity index (χ2n) is 9.26. The summed E-state index contributed by atoms with van der Waals surface area (Å²) >= 11 is 5.89. The fourth-order valence-electron chi connectivity index (χ4n) is 5.03. The number of aliphatic hydroxyl groups is 1. The van der Waals surface area contributed by atoms with Crippen LogP contribution in [0.3, 0.4) is 0 Å². The first-order chi connectivity index (χ1) is 16.4. The van der Waals surface area contributed by atoms with E-state index in [1.165, 1.54) is 31.0 Å². The molecule has 2 aromatic rings. The lowest BCUT2D eigenvalue weighted by molar-refractivity contribution is -0.0198. The second-order valence-corrected chi connectivity index (χ2v) is 9.66. The number of anilines is 1. The largest absolute Gasteiger partial charge is 0.385 e. The van der Waals surface area contributed by atoms with E-state index in [0.29, 0.717) is 43.5 Å².